The lowest BCUT2D eigenvalue weighted by Gasteiger charge is -2.34. The number of amides is 2. The Morgan fingerprint density at radius 2 is 1.59 bits per heavy atom. The maximum atomic E-state index is 14.3. The number of sulfonamides is 1. The van der Waals surface area contributed by atoms with Crippen molar-refractivity contribution in [3.8, 4) is 5.75 Å². The van der Waals surface area contributed by atoms with Crippen LogP contribution in [0.2, 0.25) is 15.1 Å². The number of methoxy groups -OCH3 is 1. The Balaban J connectivity index is 1.74. The molecule has 44 heavy (non-hydrogen) atoms. The monoisotopic (exact) mass is 679 g/mol. The number of halogens is 3. The van der Waals surface area contributed by atoms with Crippen LogP contribution in [0.3, 0.4) is 0 Å². The highest BCUT2D eigenvalue weighted by Gasteiger charge is 2.35. The number of benzene rings is 3. The van der Waals surface area contributed by atoms with Crippen molar-refractivity contribution in [2.75, 3.05) is 18.0 Å². The molecule has 1 aliphatic carbocycles. The maximum absolute atomic E-state index is 14.3. The molecule has 1 atom stereocenters. The molecule has 0 radical (unpaired) electrons. The molecule has 0 aromatic heterocycles. The number of hydrogen-bond acceptors (Lipinski definition) is 5. The van der Waals surface area contributed by atoms with E-state index in [0.29, 0.717) is 26.4 Å². The van der Waals surface area contributed by atoms with Crippen molar-refractivity contribution in [2.45, 2.75) is 69.0 Å². The van der Waals surface area contributed by atoms with Gasteiger partial charge in [0.2, 0.25) is 11.8 Å². The van der Waals surface area contributed by atoms with E-state index in [-0.39, 0.29) is 35.5 Å². The van der Waals surface area contributed by atoms with Crippen LogP contribution in [-0.4, -0.2) is 50.9 Å². The molecule has 236 valence electrons. The summed E-state index contributed by atoms with van der Waals surface area (Å²) < 4.78 is 34.3. The van der Waals surface area contributed by atoms with Gasteiger partial charge in [0.25, 0.3) is 10.0 Å². The second-order valence-electron chi connectivity index (χ2n) is 10.7. The van der Waals surface area contributed by atoms with Crippen molar-refractivity contribution in [3.63, 3.8) is 0 Å². The SMILES string of the molecule is CCC(C(=O)NC1CCCCC1)N(Cc1c(Cl)cccc1Cl)C(=O)CN(c1cccc(Cl)c1)S(=O)(=O)c1ccc(OC)cc1. The van der Waals surface area contributed by atoms with Gasteiger partial charge in [0.05, 0.1) is 17.7 Å². The molecule has 1 saturated carbocycles. The maximum Gasteiger partial charge on any atom is 0.264 e. The van der Waals surface area contributed by atoms with Gasteiger partial charge >= 0.3 is 0 Å². The highest BCUT2D eigenvalue weighted by Crippen LogP contribution is 2.30. The fourth-order valence-electron chi connectivity index (χ4n) is 5.35. The average Bonchev–Trinajstić information content (AvgIpc) is 3.01. The molecule has 0 saturated heterocycles. The van der Waals surface area contributed by atoms with Gasteiger partial charge in [-0.25, -0.2) is 8.42 Å². The predicted molar refractivity (Wildman–Crippen MR) is 175 cm³/mol. The summed E-state index contributed by atoms with van der Waals surface area (Å²) in [6, 6.07) is 16.2. The zero-order valence-corrected chi connectivity index (χ0v) is 27.7. The molecule has 2 amide bonds. The van der Waals surface area contributed by atoms with E-state index in [1.165, 1.54) is 42.3 Å². The number of anilines is 1. The molecule has 3 aromatic rings. The van der Waals surface area contributed by atoms with E-state index < -0.39 is 28.5 Å². The highest BCUT2D eigenvalue weighted by molar-refractivity contribution is 7.92. The fraction of sp³-hybridized carbons (Fsp3) is 0.375. The number of hydrogen-bond donors (Lipinski definition) is 1. The molecule has 0 heterocycles. The van der Waals surface area contributed by atoms with Crippen LogP contribution < -0.4 is 14.4 Å². The van der Waals surface area contributed by atoms with Crippen LogP contribution in [0, 0.1) is 0 Å². The first-order valence-corrected chi connectivity index (χ1v) is 17.1. The Kier molecular flexibility index (Phi) is 11.8. The van der Waals surface area contributed by atoms with Crippen LogP contribution in [0.5, 0.6) is 5.75 Å². The Morgan fingerprint density at radius 3 is 2.18 bits per heavy atom. The second kappa shape index (κ2) is 15.3. The molecule has 1 unspecified atom stereocenters. The van der Waals surface area contributed by atoms with Crippen LogP contribution in [-0.2, 0) is 26.2 Å². The Bertz CT molecular complexity index is 1540. The van der Waals surface area contributed by atoms with Gasteiger partial charge in [0.1, 0.15) is 18.3 Å². The third kappa shape index (κ3) is 8.18. The molecule has 1 fully saturated rings. The van der Waals surface area contributed by atoms with Gasteiger partial charge < -0.3 is 15.0 Å². The van der Waals surface area contributed by atoms with Crippen molar-refractivity contribution in [2.24, 2.45) is 0 Å². The van der Waals surface area contributed by atoms with Crippen LogP contribution in [0.1, 0.15) is 51.0 Å². The average molecular weight is 681 g/mol. The number of rotatable bonds is 12. The molecule has 8 nitrogen and oxygen atoms in total. The van der Waals surface area contributed by atoms with Crippen molar-refractivity contribution in [1.29, 1.82) is 0 Å². The number of nitrogens with zero attached hydrogens (tertiary/aromatic N) is 2. The zero-order chi connectivity index (χ0) is 31.9. The summed E-state index contributed by atoms with van der Waals surface area (Å²) in [5, 5.41) is 4.07. The molecule has 12 heteroatoms. The molecule has 4 rings (SSSR count). The summed E-state index contributed by atoms with van der Waals surface area (Å²) in [4.78, 5) is 29.3. The summed E-state index contributed by atoms with van der Waals surface area (Å²) in [5.74, 6) is -0.432. The molecular formula is C32H36Cl3N3O5S. The van der Waals surface area contributed by atoms with E-state index in [9.17, 15) is 18.0 Å². The minimum absolute atomic E-state index is 0.0181. The van der Waals surface area contributed by atoms with Gasteiger partial charge in [0, 0.05) is 33.2 Å². The fourth-order valence-corrected chi connectivity index (χ4v) is 7.46. The van der Waals surface area contributed by atoms with Crippen LogP contribution in [0.25, 0.3) is 0 Å². The Labute approximate surface area is 274 Å². The first kappa shape index (κ1) is 33.9. The van der Waals surface area contributed by atoms with Crippen LogP contribution >= 0.6 is 34.8 Å². The first-order chi connectivity index (χ1) is 21.0. The van der Waals surface area contributed by atoms with E-state index in [0.717, 1.165) is 36.4 Å². The quantitative estimate of drug-likeness (QED) is 0.220. The summed E-state index contributed by atoms with van der Waals surface area (Å²) in [6.45, 7) is 1.10. The Morgan fingerprint density at radius 1 is 0.955 bits per heavy atom. The van der Waals surface area contributed by atoms with E-state index in [2.05, 4.69) is 5.32 Å². The van der Waals surface area contributed by atoms with Gasteiger partial charge in [-0.1, -0.05) is 73.1 Å². The minimum atomic E-state index is -4.27. The van der Waals surface area contributed by atoms with Crippen molar-refractivity contribution in [3.05, 3.63) is 87.4 Å². The third-order valence-electron chi connectivity index (χ3n) is 7.75. The van der Waals surface area contributed by atoms with E-state index >= 15 is 0 Å². The molecule has 0 spiro atoms. The molecule has 3 aromatic carbocycles. The molecular weight excluding hydrogens is 645 g/mol. The molecule has 0 aliphatic heterocycles. The zero-order valence-electron chi connectivity index (χ0n) is 24.6. The number of carbonyl (C=O) groups is 2. The summed E-state index contributed by atoms with van der Waals surface area (Å²) in [5.41, 5.74) is 0.650. The highest BCUT2D eigenvalue weighted by atomic mass is 35.5. The second-order valence-corrected chi connectivity index (χ2v) is 13.8. The lowest BCUT2D eigenvalue weighted by atomic mass is 9.95. The van der Waals surface area contributed by atoms with Crippen molar-refractivity contribution >= 4 is 62.3 Å². The van der Waals surface area contributed by atoms with Gasteiger partial charge in [-0.05, 0) is 73.9 Å². The van der Waals surface area contributed by atoms with E-state index in [1.54, 1.807) is 36.4 Å². The molecule has 0 bridgehead atoms. The Hall–Kier alpha value is -2.98. The third-order valence-corrected chi connectivity index (χ3v) is 10.5. The summed E-state index contributed by atoms with van der Waals surface area (Å²) in [6.07, 6.45) is 5.20. The normalized spacial score (nSPS) is 14.5. The minimum Gasteiger partial charge on any atom is -0.497 e. The van der Waals surface area contributed by atoms with E-state index in [1.807, 2.05) is 6.92 Å². The summed E-state index contributed by atoms with van der Waals surface area (Å²) >= 11 is 19.3. The van der Waals surface area contributed by atoms with Gasteiger partial charge in [0.15, 0.2) is 0 Å². The lowest BCUT2D eigenvalue weighted by molar-refractivity contribution is -0.140. The van der Waals surface area contributed by atoms with Crippen LogP contribution in [0.4, 0.5) is 5.69 Å². The number of nitrogens with one attached hydrogen (secondary N) is 1. The van der Waals surface area contributed by atoms with Gasteiger partial charge in [-0.2, -0.15) is 0 Å². The van der Waals surface area contributed by atoms with Crippen molar-refractivity contribution in [1.82, 2.24) is 10.2 Å². The van der Waals surface area contributed by atoms with E-state index in [4.69, 9.17) is 39.5 Å². The first-order valence-electron chi connectivity index (χ1n) is 14.5. The standard InChI is InChI=1S/C32H36Cl3N3O5S/c1-3-30(32(40)36-23-10-5-4-6-11-23)37(20-27-28(34)13-8-14-29(27)35)31(39)21-38(24-12-7-9-22(33)19-24)44(41,42)26-17-15-25(43-2)16-18-26/h7-9,12-19,23,30H,3-6,10-11,20-21H2,1-2H3,(H,36,40). The summed E-state index contributed by atoms with van der Waals surface area (Å²) in [7, 11) is -2.79. The van der Waals surface area contributed by atoms with Gasteiger partial charge in [-0.3, -0.25) is 13.9 Å². The molecule has 1 N–H and O–H groups in total. The number of ether oxygens (including phenoxy) is 1. The number of carbonyl (C=O) groups excluding carboxylic acids is 2. The smallest absolute Gasteiger partial charge is 0.264 e. The largest absolute Gasteiger partial charge is 0.497 e. The van der Waals surface area contributed by atoms with Crippen molar-refractivity contribution < 1.29 is 22.7 Å². The predicted octanol–water partition coefficient (Wildman–Crippen LogP) is 7.11. The van der Waals surface area contributed by atoms with Crippen LogP contribution in [0.15, 0.2) is 71.6 Å². The van der Waals surface area contributed by atoms with Gasteiger partial charge in [-0.15, -0.1) is 0 Å². The molecule has 1 aliphatic rings. The lowest BCUT2D eigenvalue weighted by Crippen LogP contribution is -2.54. The topological polar surface area (TPSA) is 96.0 Å².